The molecule has 0 radical (unpaired) electrons. The quantitative estimate of drug-likeness (QED) is 0.772. The van der Waals surface area contributed by atoms with E-state index in [1.54, 1.807) is 0 Å². The molecule has 124 valence electrons. The van der Waals surface area contributed by atoms with Gasteiger partial charge in [-0.05, 0) is 43.8 Å². The molecule has 1 saturated carbocycles. The lowest BCUT2D eigenvalue weighted by molar-refractivity contribution is -0.242. The molecule has 1 fully saturated rings. The predicted molar refractivity (Wildman–Crippen MR) is 76.7 cm³/mol. The standard InChI is InChI=1S/C14H25F3O3Si/c1-12(2,3)21(4,5)20-10-6-8-13(9-7-10,11(18)19)14(15,16)17/h10H,6-9H2,1-5H3,(H,18,19). The first-order chi connectivity index (χ1) is 9.23. The highest BCUT2D eigenvalue weighted by atomic mass is 28.4. The lowest BCUT2D eigenvalue weighted by atomic mass is 9.72. The van der Waals surface area contributed by atoms with E-state index in [4.69, 9.17) is 9.53 Å². The lowest BCUT2D eigenvalue weighted by Gasteiger charge is -2.43. The van der Waals surface area contributed by atoms with Crippen molar-refractivity contribution in [1.29, 1.82) is 0 Å². The fourth-order valence-corrected chi connectivity index (χ4v) is 3.84. The highest BCUT2D eigenvalue weighted by Gasteiger charge is 2.61. The fourth-order valence-electron chi connectivity index (χ4n) is 2.41. The summed E-state index contributed by atoms with van der Waals surface area (Å²) in [7, 11) is -2.04. The Balaban J connectivity index is 2.78. The number of hydrogen-bond donors (Lipinski definition) is 1. The molecule has 1 aliphatic rings. The Morgan fingerprint density at radius 3 is 1.90 bits per heavy atom. The summed E-state index contributed by atoms with van der Waals surface area (Å²) in [6.07, 6.45) is -5.46. The van der Waals surface area contributed by atoms with E-state index in [2.05, 4.69) is 33.9 Å². The number of carboxylic acids is 1. The molecule has 0 aromatic carbocycles. The second-order valence-corrected chi connectivity index (χ2v) is 12.2. The second kappa shape index (κ2) is 5.57. The first-order valence-corrected chi connectivity index (χ1v) is 10.1. The minimum Gasteiger partial charge on any atom is -0.481 e. The Hall–Kier alpha value is -0.563. The van der Waals surface area contributed by atoms with Crippen LogP contribution in [-0.2, 0) is 9.22 Å². The number of carbonyl (C=O) groups is 1. The van der Waals surface area contributed by atoms with Gasteiger partial charge in [0.05, 0.1) is 0 Å². The van der Waals surface area contributed by atoms with Gasteiger partial charge < -0.3 is 9.53 Å². The number of aliphatic carboxylic acids is 1. The molecular formula is C14H25F3O3Si. The third-order valence-electron chi connectivity index (χ3n) is 5.01. The molecule has 7 heteroatoms. The van der Waals surface area contributed by atoms with Crippen LogP contribution >= 0.6 is 0 Å². The van der Waals surface area contributed by atoms with Crippen LogP contribution in [-0.4, -0.2) is 31.7 Å². The number of rotatable bonds is 3. The molecule has 1 aliphatic carbocycles. The summed E-state index contributed by atoms with van der Waals surface area (Å²) in [6, 6.07) is 0. The van der Waals surface area contributed by atoms with Crippen molar-refractivity contribution in [3.63, 3.8) is 0 Å². The minimum atomic E-state index is -4.71. The van der Waals surface area contributed by atoms with Gasteiger partial charge >= 0.3 is 12.1 Å². The summed E-state index contributed by atoms with van der Waals surface area (Å²) >= 11 is 0. The first-order valence-electron chi connectivity index (χ1n) is 7.21. The van der Waals surface area contributed by atoms with Crippen molar-refractivity contribution in [2.24, 2.45) is 5.41 Å². The molecule has 0 aromatic heterocycles. The fraction of sp³-hybridized carbons (Fsp3) is 0.929. The van der Waals surface area contributed by atoms with Gasteiger partial charge in [-0.2, -0.15) is 13.2 Å². The van der Waals surface area contributed by atoms with Gasteiger partial charge in [0, 0.05) is 6.10 Å². The molecule has 0 saturated heterocycles. The summed E-state index contributed by atoms with van der Waals surface area (Å²) in [5.41, 5.74) is -2.60. The van der Waals surface area contributed by atoms with Crippen molar-refractivity contribution in [2.75, 3.05) is 0 Å². The zero-order valence-electron chi connectivity index (χ0n) is 13.3. The van der Waals surface area contributed by atoms with Gasteiger partial charge in [-0.1, -0.05) is 20.8 Å². The van der Waals surface area contributed by atoms with E-state index in [1.807, 2.05) is 0 Å². The van der Waals surface area contributed by atoms with Crippen LogP contribution in [0.15, 0.2) is 0 Å². The Morgan fingerprint density at radius 2 is 1.62 bits per heavy atom. The van der Waals surface area contributed by atoms with Crippen molar-refractivity contribution < 1.29 is 27.5 Å². The smallest absolute Gasteiger partial charge is 0.404 e. The number of alkyl halides is 3. The molecule has 0 spiro atoms. The summed E-state index contributed by atoms with van der Waals surface area (Å²) in [5, 5.41) is 9.00. The van der Waals surface area contributed by atoms with Crippen LogP contribution < -0.4 is 0 Å². The highest BCUT2D eigenvalue weighted by Crippen LogP contribution is 2.50. The van der Waals surface area contributed by atoms with Gasteiger partial charge in [0.2, 0.25) is 0 Å². The zero-order valence-corrected chi connectivity index (χ0v) is 14.3. The number of hydrogen-bond acceptors (Lipinski definition) is 2. The Morgan fingerprint density at radius 1 is 1.19 bits per heavy atom. The molecule has 0 atom stereocenters. The molecular weight excluding hydrogens is 301 g/mol. The third-order valence-corrected chi connectivity index (χ3v) is 9.54. The molecule has 21 heavy (non-hydrogen) atoms. The second-order valence-electron chi connectivity index (χ2n) is 7.46. The molecule has 0 aliphatic heterocycles. The summed E-state index contributed by atoms with van der Waals surface area (Å²) < 4.78 is 45.4. The molecule has 0 heterocycles. The SMILES string of the molecule is CC(C)(C)[Si](C)(C)OC1CCC(C(=O)O)(C(F)(F)F)CC1. The van der Waals surface area contributed by atoms with Crippen molar-refractivity contribution in [3.05, 3.63) is 0 Å². The minimum absolute atomic E-state index is 0.0155. The van der Waals surface area contributed by atoms with E-state index in [-0.39, 0.29) is 24.0 Å². The summed E-state index contributed by atoms with van der Waals surface area (Å²) in [5.74, 6) is -1.76. The maximum Gasteiger partial charge on any atom is 0.404 e. The molecule has 1 rings (SSSR count). The normalized spacial score (nSPS) is 28.5. The van der Waals surface area contributed by atoms with E-state index in [9.17, 15) is 18.0 Å². The van der Waals surface area contributed by atoms with Gasteiger partial charge in [-0.25, -0.2) is 0 Å². The van der Waals surface area contributed by atoms with Gasteiger partial charge in [-0.3, -0.25) is 4.79 Å². The number of carboxylic acid groups (broad SMARTS) is 1. The van der Waals surface area contributed by atoms with E-state index >= 15 is 0 Å². The van der Waals surface area contributed by atoms with E-state index < -0.39 is 38.7 Å². The van der Waals surface area contributed by atoms with Crippen molar-refractivity contribution in [3.8, 4) is 0 Å². The zero-order chi connectivity index (χ0) is 16.7. The van der Waals surface area contributed by atoms with Gasteiger partial charge in [-0.15, -0.1) is 0 Å². The van der Waals surface area contributed by atoms with E-state index in [1.165, 1.54) is 0 Å². The lowest BCUT2D eigenvalue weighted by Crippen LogP contribution is -2.51. The molecule has 0 aromatic rings. The Labute approximate surface area is 125 Å². The molecule has 0 bridgehead atoms. The molecule has 0 unspecified atom stereocenters. The summed E-state index contributed by atoms with van der Waals surface area (Å²) in [4.78, 5) is 11.1. The maximum absolute atomic E-state index is 13.1. The highest BCUT2D eigenvalue weighted by molar-refractivity contribution is 6.74. The molecule has 1 N–H and O–H groups in total. The van der Waals surface area contributed by atoms with Gasteiger partial charge in [0.15, 0.2) is 13.7 Å². The number of halogens is 3. The van der Waals surface area contributed by atoms with Crippen molar-refractivity contribution in [2.45, 2.75) is 76.9 Å². The summed E-state index contributed by atoms with van der Waals surface area (Å²) in [6.45, 7) is 10.3. The van der Waals surface area contributed by atoms with Crippen molar-refractivity contribution >= 4 is 14.3 Å². The predicted octanol–water partition coefficient (Wildman–Crippen LogP) is 4.58. The Bertz CT molecular complexity index is 391. The van der Waals surface area contributed by atoms with Crippen molar-refractivity contribution in [1.82, 2.24) is 0 Å². The average molecular weight is 326 g/mol. The van der Waals surface area contributed by atoms with Gasteiger partial charge in [0.1, 0.15) is 0 Å². The largest absolute Gasteiger partial charge is 0.481 e. The third kappa shape index (κ3) is 3.61. The maximum atomic E-state index is 13.1. The first kappa shape index (κ1) is 18.5. The van der Waals surface area contributed by atoms with Crippen LogP contribution in [0, 0.1) is 5.41 Å². The van der Waals surface area contributed by atoms with Crippen LogP contribution in [0.3, 0.4) is 0 Å². The van der Waals surface area contributed by atoms with Crippen LogP contribution in [0.2, 0.25) is 18.1 Å². The average Bonchev–Trinajstić information content (AvgIpc) is 2.25. The van der Waals surface area contributed by atoms with Crippen LogP contribution in [0.25, 0.3) is 0 Å². The van der Waals surface area contributed by atoms with E-state index in [0.29, 0.717) is 0 Å². The molecule has 3 nitrogen and oxygen atoms in total. The topological polar surface area (TPSA) is 46.5 Å². The monoisotopic (exact) mass is 326 g/mol. The Kier molecular flexibility index (Phi) is 4.90. The van der Waals surface area contributed by atoms with Crippen LogP contribution in [0.5, 0.6) is 0 Å². The van der Waals surface area contributed by atoms with E-state index in [0.717, 1.165) is 0 Å². The van der Waals surface area contributed by atoms with Gasteiger partial charge in [0.25, 0.3) is 0 Å². The van der Waals surface area contributed by atoms with Crippen LogP contribution in [0.4, 0.5) is 13.2 Å². The van der Waals surface area contributed by atoms with Crippen LogP contribution in [0.1, 0.15) is 46.5 Å². The molecule has 0 amide bonds.